The van der Waals surface area contributed by atoms with Crippen molar-refractivity contribution in [2.24, 2.45) is 0 Å². The smallest absolute Gasteiger partial charge is 0.338 e. The van der Waals surface area contributed by atoms with E-state index in [0.717, 1.165) is 0 Å². The SMILES string of the molecule is CO[C@H]1OC(COC(=O)c2ccccc2)[C@@H](OC(=O)c2ccccc2)C(OC(=O)c2ccccc2)[C@H]1OC(=O)c1ccccc1. The van der Waals surface area contributed by atoms with Crippen LogP contribution in [0.3, 0.4) is 0 Å². The van der Waals surface area contributed by atoms with Crippen molar-refractivity contribution in [1.29, 1.82) is 0 Å². The number of methoxy groups -OCH3 is 1. The van der Waals surface area contributed by atoms with E-state index in [9.17, 15) is 19.2 Å². The second kappa shape index (κ2) is 14.9. The molecule has 10 nitrogen and oxygen atoms in total. The summed E-state index contributed by atoms with van der Waals surface area (Å²) in [6.45, 7) is -0.418. The molecule has 1 saturated heterocycles. The molecule has 1 aliphatic rings. The van der Waals surface area contributed by atoms with E-state index in [2.05, 4.69) is 0 Å². The Morgan fingerprint density at radius 1 is 0.511 bits per heavy atom. The minimum absolute atomic E-state index is 0.200. The van der Waals surface area contributed by atoms with E-state index in [4.69, 9.17) is 28.4 Å². The van der Waals surface area contributed by atoms with E-state index in [0.29, 0.717) is 0 Å². The Balaban J connectivity index is 1.50. The lowest BCUT2D eigenvalue weighted by molar-refractivity contribution is -0.291. The van der Waals surface area contributed by atoms with E-state index < -0.39 is 61.2 Å². The molecule has 0 aliphatic carbocycles. The number of hydrogen-bond donors (Lipinski definition) is 0. The summed E-state index contributed by atoms with van der Waals surface area (Å²) in [4.78, 5) is 52.8. The van der Waals surface area contributed by atoms with Gasteiger partial charge in [-0.2, -0.15) is 0 Å². The molecular weight excluding hydrogens is 580 g/mol. The van der Waals surface area contributed by atoms with Crippen LogP contribution in [0.15, 0.2) is 121 Å². The monoisotopic (exact) mass is 610 g/mol. The zero-order valence-corrected chi connectivity index (χ0v) is 24.2. The summed E-state index contributed by atoms with van der Waals surface area (Å²) in [5.74, 6) is -2.96. The molecule has 4 aromatic rings. The number of esters is 4. The van der Waals surface area contributed by atoms with Gasteiger partial charge in [-0.15, -0.1) is 0 Å². The van der Waals surface area contributed by atoms with E-state index in [1.807, 2.05) is 0 Å². The first-order valence-corrected chi connectivity index (χ1v) is 14.1. The van der Waals surface area contributed by atoms with Crippen molar-refractivity contribution < 1.29 is 47.6 Å². The largest absolute Gasteiger partial charge is 0.459 e. The second-order valence-electron chi connectivity index (χ2n) is 9.95. The van der Waals surface area contributed by atoms with Crippen LogP contribution in [0.2, 0.25) is 0 Å². The molecule has 1 aliphatic heterocycles. The van der Waals surface area contributed by atoms with Gasteiger partial charge in [-0.1, -0.05) is 72.8 Å². The highest BCUT2D eigenvalue weighted by molar-refractivity contribution is 5.91. The molecule has 0 radical (unpaired) electrons. The molecule has 1 heterocycles. The predicted octanol–water partition coefficient (Wildman–Crippen LogP) is 4.89. The molecule has 5 rings (SSSR count). The van der Waals surface area contributed by atoms with Crippen molar-refractivity contribution in [3.05, 3.63) is 144 Å². The Bertz CT molecular complexity index is 1580. The van der Waals surface area contributed by atoms with Crippen LogP contribution >= 0.6 is 0 Å². The average molecular weight is 611 g/mol. The number of hydrogen-bond acceptors (Lipinski definition) is 10. The Hall–Kier alpha value is -5.32. The van der Waals surface area contributed by atoms with Crippen LogP contribution in [-0.4, -0.2) is 68.3 Å². The number of rotatable bonds is 10. The first kappa shape index (κ1) is 31.1. The zero-order valence-electron chi connectivity index (χ0n) is 24.2. The van der Waals surface area contributed by atoms with Gasteiger partial charge in [0.15, 0.2) is 24.6 Å². The number of carbonyl (C=O) groups is 4. The van der Waals surface area contributed by atoms with Crippen LogP contribution in [0, 0.1) is 0 Å². The minimum atomic E-state index is -1.45. The summed E-state index contributed by atoms with van der Waals surface area (Å²) < 4.78 is 34.9. The van der Waals surface area contributed by atoms with Crippen molar-refractivity contribution in [3.8, 4) is 0 Å². The predicted molar refractivity (Wildman–Crippen MR) is 159 cm³/mol. The van der Waals surface area contributed by atoms with E-state index >= 15 is 0 Å². The zero-order chi connectivity index (χ0) is 31.6. The van der Waals surface area contributed by atoms with Gasteiger partial charge in [0, 0.05) is 7.11 Å². The third-order valence-electron chi connectivity index (χ3n) is 6.97. The van der Waals surface area contributed by atoms with Gasteiger partial charge < -0.3 is 28.4 Å². The maximum absolute atomic E-state index is 13.4. The molecule has 45 heavy (non-hydrogen) atoms. The highest BCUT2D eigenvalue weighted by Gasteiger charge is 2.53. The van der Waals surface area contributed by atoms with Gasteiger partial charge in [-0.05, 0) is 48.5 Å². The summed E-state index contributed by atoms with van der Waals surface area (Å²) in [5, 5.41) is 0. The Morgan fingerprint density at radius 2 is 0.867 bits per heavy atom. The average Bonchev–Trinajstić information content (AvgIpc) is 3.10. The summed E-state index contributed by atoms with van der Waals surface area (Å²) in [6.07, 6.45) is -6.76. The third kappa shape index (κ3) is 7.80. The lowest BCUT2D eigenvalue weighted by atomic mass is 9.97. The molecule has 0 saturated carbocycles. The molecular formula is C35H30O10. The van der Waals surface area contributed by atoms with Crippen molar-refractivity contribution in [2.75, 3.05) is 13.7 Å². The molecule has 0 amide bonds. The minimum Gasteiger partial charge on any atom is -0.459 e. The van der Waals surface area contributed by atoms with Crippen molar-refractivity contribution in [2.45, 2.75) is 30.7 Å². The third-order valence-corrected chi connectivity index (χ3v) is 6.97. The number of ether oxygens (including phenoxy) is 6. The molecule has 10 heteroatoms. The van der Waals surface area contributed by atoms with Gasteiger partial charge >= 0.3 is 23.9 Å². The lowest BCUT2D eigenvalue weighted by Crippen LogP contribution is -2.63. The summed E-state index contributed by atoms with van der Waals surface area (Å²) >= 11 is 0. The standard InChI is InChI=1S/C35H30O10/c1-40-35-30(45-34(39)26-20-12-5-13-21-26)29(44-33(38)25-18-10-4-11-19-25)28(43-32(37)24-16-8-3-9-17-24)27(42-35)22-41-31(36)23-14-6-2-7-15-23/h2-21,27-30,35H,22H2,1H3/t27?,28-,29?,30-,35+/m1/s1. The van der Waals surface area contributed by atoms with E-state index in [1.54, 1.807) is 121 Å². The molecule has 0 aromatic heterocycles. The fourth-order valence-corrected chi connectivity index (χ4v) is 4.72. The highest BCUT2D eigenvalue weighted by Crippen LogP contribution is 2.31. The molecule has 1 fully saturated rings. The van der Waals surface area contributed by atoms with Gasteiger partial charge in [0.25, 0.3) is 0 Å². The molecule has 4 aromatic carbocycles. The topological polar surface area (TPSA) is 124 Å². The van der Waals surface area contributed by atoms with Crippen molar-refractivity contribution in [1.82, 2.24) is 0 Å². The van der Waals surface area contributed by atoms with Crippen molar-refractivity contribution >= 4 is 23.9 Å². The van der Waals surface area contributed by atoms with Crippen molar-refractivity contribution in [3.63, 3.8) is 0 Å². The molecule has 5 atom stereocenters. The summed E-state index contributed by atoms with van der Waals surface area (Å²) in [5.41, 5.74) is 0.914. The maximum atomic E-state index is 13.4. The Morgan fingerprint density at radius 3 is 1.27 bits per heavy atom. The van der Waals surface area contributed by atoms with Crippen LogP contribution < -0.4 is 0 Å². The first-order valence-electron chi connectivity index (χ1n) is 14.1. The van der Waals surface area contributed by atoms with Crippen LogP contribution in [0.4, 0.5) is 0 Å². The number of benzene rings is 4. The molecule has 230 valence electrons. The molecule has 0 bridgehead atoms. The maximum Gasteiger partial charge on any atom is 0.338 e. The van der Waals surface area contributed by atoms with Gasteiger partial charge in [0.2, 0.25) is 0 Å². The highest BCUT2D eigenvalue weighted by atomic mass is 16.7. The fourth-order valence-electron chi connectivity index (χ4n) is 4.72. The Labute approximate surface area is 259 Å². The summed E-state index contributed by atoms with van der Waals surface area (Å²) in [7, 11) is 1.31. The normalized spacial score (nSPS) is 20.8. The Kier molecular flexibility index (Phi) is 10.3. The van der Waals surface area contributed by atoms with Crippen LogP contribution in [0.1, 0.15) is 41.4 Å². The van der Waals surface area contributed by atoms with Crippen LogP contribution in [-0.2, 0) is 28.4 Å². The van der Waals surface area contributed by atoms with E-state index in [1.165, 1.54) is 7.11 Å². The van der Waals surface area contributed by atoms with Gasteiger partial charge in [-0.3, -0.25) is 0 Å². The van der Waals surface area contributed by atoms with Crippen LogP contribution in [0.5, 0.6) is 0 Å². The lowest BCUT2D eigenvalue weighted by Gasteiger charge is -2.44. The van der Waals surface area contributed by atoms with Gasteiger partial charge in [-0.25, -0.2) is 19.2 Å². The molecule has 2 unspecified atom stereocenters. The van der Waals surface area contributed by atoms with Crippen LogP contribution in [0.25, 0.3) is 0 Å². The van der Waals surface area contributed by atoms with E-state index in [-0.39, 0.29) is 22.3 Å². The fraction of sp³-hybridized carbons (Fsp3) is 0.200. The molecule has 0 N–H and O–H groups in total. The second-order valence-corrected chi connectivity index (χ2v) is 9.95. The summed E-state index contributed by atoms with van der Waals surface area (Å²) in [6, 6.07) is 32.7. The van der Waals surface area contributed by atoms with Gasteiger partial charge in [0.1, 0.15) is 12.7 Å². The molecule has 0 spiro atoms. The number of carbonyl (C=O) groups excluding carboxylic acids is 4. The van der Waals surface area contributed by atoms with Gasteiger partial charge in [0.05, 0.1) is 22.3 Å². The quantitative estimate of drug-likeness (QED) is 0.181. The first-order chi connectivity index (χ1) is 21.9.